The Morgan fingerprint density at radius 3 is 2.65 bits per heavy atom. The first-order chi connectivity index (χ1) is 8.06. The van der Waals surface area contributed by atoms with Crippen molar-refractivity contribution >= 4 is 17.4 Å². The molecule has 0 aromatic heterocycles. The molecule has 17 heavy (non-hydrogen) atoms. The summed E-state index contributed by atoms with van der Waals surface area (Å²) in [5.41, 5.74) is -0.401. The van der Waals surface area contributed by atoms with Gasteiger partial charge in [-0.05, 0) is 6.07 Å². The molecule has 4 nitrogen and oxygen atoms in total. The van der Waals surface area contributed by atoms with Crippen LogP contribution in [0.5, 0.6) is 0 Å². The highest BCUT2D eigenvalue weighted by Crippen LogP contribution is 2.31. The first-order valence-electron chi connectivity index (χ1n) is 4.90. The Morgan fingerprint density at radius 2 is 2.00 bits per heavy atom. The van der Waals surface area contributed by atoms with Crippen LogP contribution >= 0.6 is 0 Å². The van der Waals surface area contributed by atoms with E-state index in [1.165, 1.54) is 7.11 Å². The summed E-state index contributed by atoms with van der Waals surface area (Å²) in [4.78, 5) is 24.1. The molecule has 0 spiro atoms. The number of fused-ring (bicyclic) bond motifs is 1. The molecule has 0 radical (unpaired) electrons. The van der Waals surface area contributed by atoms with E-state index < -0.39 is 23.3 Å². The smallest absolute Gasteiger partial charge is 0.299 e. The van der Waals surface area contributed by atoms with Gasteiger partial charge in [0.25, 0.3) is 11.7 Å². The first-order valence-corrected chi connectivity index (χ1v) is 4.90. The minimum atomic E-state index is -1.02. The average Bonchev–Trinajstić information content (AvgIpc) is 2.49. The molecule has 0 saturated heterocycles. The van der Waals surface area contributed by atoms with Crippen molar-refractivity contribution in [3.05, 3.63) is 29.3 Å². The Labute approximate surface area is 95.8 Å². The summed E-state index contributed by atoms with van der Waals surface area (Å²) in [6.45, 7) is 0.257. The predicted molar refractivity (Wildman–Crippen MR) is 54.9 cm³/mol. The lowest BCUT2D eigenvalue weighted by Gasteiger charge is -2.15. The van der Waals surface area contributed by atoms with Gasteiger partial charge in [-0.3, -0.25) is 9.59 Å². The Balaban J connectivity index is 2.48. The van der Waals surface area contributed by atoms with E-state index in [2.05, 4.69) is 0 Å². The molecule has 1 heterocycles. The van der Waals surface area contributed by atoms with Gasteiger partial charge in [-0.2, -0.15) is 0 Å². The maximum absolute atomic E-state index is 13.4. The number of rotatable bonds is 3. The highest BCUT2D eigenvalue weighted by atomic mass is 19.1. The number of amides is 1. The van der Waals surface area contributed by atoms with E-state index in [0.717, 1.165) is 11.0 Å². The fourth-order valence-electron chi connectivity index (χ4n) is 1.74. The van der Waals surface area contributed by atoms with Crippen molar-refractivity contribution in [2.45, 2.75) is 0 Å². The highest BCUT2D eigenvalue weighted by molar-refractivity contribution is 6.52. The summed E-state index contributed by atoms with van der Waals surface area (Å²) >= 11 is 0. The van der Waals surface area contributed by atoms with Gasteiger partial charge in [0.05, 0.1) is 17.9 Å². The van der Waals surface area contributed by atoms with Crippen LogP contribution in [0.25, 0.3) is 0 Å². The van der Waals surface area contributed by atoms with Crippen LogP contribution in [-0.4, -0.2) is 32.0 Å². The van der Waals surface area contributed by atoms with Crippen LogP contribution < -0.4 is 4.90 Å². The fraction of sp³-hybridized carbons (Fsp3) is 0.273. The van der Waals surface area contributed by atoms with Gasteiger partial charge in [0.2, 0.25) is 0 Å². The molecular formula is C11H9F2NO3. The lowest BCUT2D eigenvalue weighted by molar-refractivity contribution is -0.114. The Hall–Kier alpha value is -1.82. The van der Waals surface area contributed by atoms with Gasteiger partial charge in [-0.1, -0.05) is 0 Å². The molecule has 0 unspecified atom stereocenters. The lowest BCUT2D eigenvalue weighted by atomic mass is 10.1. The van der Waals surface area contributed by atoms with Gasteiger partial charge in [0, 0.05) is 19.7 Å². The third-order valence-corrected chi connectivity index (χ3v) is 2.51. The zero-order valence-electron chi connectivity index (χ0n) is 9.00. The van der Waals surface area contributed by atoms with Crippen molar-refractivity contribution in [2.75, 3.05) is 25.2 Å². The molecule has 0 bridgehead atoms. The standard InChI is InChI=1S/C11H9F2NO3/c1-17-3-2-14-8-5-6(12)4-7(13)9(8)10(15)11(14)16/h4-5H,2-3H2,1H3. The van der Waals surface area contributed by atoms with Crippen molar-refractivity contribution in [2.24, 2.45) is 0 Å². The van der Waals surface area contributed by atoms with Crippen molar-refractivity contribution in [1.29, 1.82) is 0 Å². The van der Waals surface area contributed by atoms with E-state index in [0.29, 0.717) is 6.07 Å². The summed E-state index contributed by atoms with van der Waals surface area (Å²) in [5, 5.41) is 0. The van der Waals surface area contributed by atoms with Crippen molar-refractivity contribution in [3.8, 4) is 0 Å². The van der Waals surface area contributed by atoms with Crippen molar-refractivity contribution in [1.82, 2.24) is 0 Å². The van der Waals surface area contributed by atoms with Crippen LogP contribution in [0.3, 0.4) is 0 Å². The molecule has 1 amide bonds. The lowest BCUT2D eigenvalue weighted by Crippen LogP contribution is -2.32. The number of anilines is 1. The monoisotopic (exact) mass is 241 g/mol. The molecule has 0 fully saturated rings. The minimum absolute atomic E-state index is 0.0328. The summed E-state index contributed by atoms with van der Waals surface area (Å²) < 4.78 is 31.2. The van der Waals surface area contributed by atoms with Crippen molar-refractivity contribution in [3.63, 3.8) is 0 Å². The third-order valence-electron chi connectivity index (χ3n) is 2.51. The molecule has 0 atom stereocenters. The van der Waals surface area contributed by atoms with Crippen LogP contribution in [0, 0.1) is 11.6 Å². The zero-order valence-corrected chi connectivity index (χ0v) is 9.00. The van der Waals surface area contributed by atoms with E-state index in [9.17, 15) is 18.4 Å². The molecule has 6 heteroatoms. The van der Waals surface area contributed by atoms with E-state index in [1.54, 1.807) is 0 Å². The van der Waals surface area contributed by atoms with Gasteiger partial charge in [0.1, 0.15) is 11.6 Å². The van der Waals surface area contributed by atoms with E-state index in [4.69, 9.17) is 4.74 Å². The normalized spacial score (nSPS) is 14.4. The molecule has 90 valence electrons. The number of halogens is 2. The van der Waals surface area contributed by atoms with Crippen LogP contribution in [0.1, 0.15) is 10.4 Å². The number of carbonyl (C=O) groups excluding carboxylic acids is 2. The first kappa shape index (κ1) is 11.7. The van der Waals surface area contributed by atoms with Crippen LogP contribution in [-0.2, 0) is 9.53 Å². The maximum Gasteiger partial charge on any atom is 0.299 e. The molecule has 1 aliphatic rings. The molecule has 0 aliphatic carbocycles. The second-order valence-corrected chi connectivity index (χ2v) is 3.56. The van der Waals surface area contributed by atoms with E-state index in [1.807, 2.05) is 0 Å². The molecule has 1 aromatic carbocycles. The number of benzene rings is 1. The summed E-state index contributed by atoms with van der Waals surface area (Å²) in [7, 11) is 1.43. The second-order valence-electron chi connectivity index (χ2n) is 3.56. The number of carbonyl (C=O) groups is 2. The van der Waals surface area contributed by atoms with Crippen LogP contribution in [0.15, 0.2) is 12.1 Å². The topological polar surface area (TPSA) is 46.6 Å². The molecule has 2 rings (SSSR count). The summed E-state index contributed by atoms with van der Waals surface area (Å²) in [6, 6.07) is 1.56. The molecule has 1 aliphatic heterocycles. The third kappa shape index (κ3) is 1.80. The van der Waals surface area contributed by atoms with E-state index in [-0.39, 0.29) is 24.4 Å². The van der Waals surface area contributed by atoms with Gasteiger partial charge < -0.3 is 9.64 Å². The largest absolute Gasteiger partial charge is 0.383 e. The molecule has 1 aromatic rings. The number of methoxy groups -OCH3 is 1. The summed E-state index contributed by atoms with van der Waals surface area (Å²) in [6.07, 6.45) is 0. The van der Waals surface area contributed by atoms with Crippen LogP contribution in [0.2, 0.25) is 0 Å². The van der Waals surface area contributed by atoms with Gasteiger partial charge in [-0.15, -0.1) is 0 Å². The fourth-order valence-corrected chi connectivity index (χ4v) is 1.74. The maximum atomic E-state index is 13.4. The summed E-state index contributed by atoms with van der Waals surface area (Å²) in [5.74, 6) is -3.65. The number of hydrogen-bond acceptors (Lipinski definition) is 3. The minimum Gasteiger partial charge on any atom is -0.383 e. The quantitative estimate of drug-likeness (QED) is 0.745. The molecule has 0 N–H and O–H groups in total. The number of Topliss-reactive ketones (excluding diaryl/α,β-unsaturated/α-hetero) is 1. The highest BCUT2D eigenvalue weighted by Gasteiger charge is 2.38. The zero-order chi connectivity index (χ0) is 12.6. The van der Waals surface area contributed by atoms with Gasteiger partial charge in [0.15, 0.2) is 0 Å². The van der Waals surface area contributed by atoms with Gasteiger partial charge >= 0.3 is 0 Å². The number of ether oxygens (including phenoxy) is 1. The van der Waals surface area contributed by atoms with Crippen LogP contribution in [0.4, 0.5) is 14.5 Å². The SMILES string of the molecule is COCCN1C(=O)C(=O)c2c(F)cc(F)cc21. The number of hydrogen-bond donors (Lipinski definition) is 0. The molecular weight excluding hydrogens is 232 g/mol. The second kappa shape index (κ2) is 4.21. The number of nitrogens with zero attached hydrogens (tertiary/aromatic N) is 1. The number of ketones is 1. The predicted octanol–water partition coefficient (Wildman–Crippen LogP) is 1.14. The van der Waals surface area contributed by atoms with Crippen molar-refractivity contribution < 1.29 is 23.1 Å². The Morgan fingerprint density at radius 1 is 1.29 bits per heavy atom. The average molecular weight is 241 g/mol. The Bertz CT molecular complexity index is 502. The molecule has 0 saturated carbocycles. The van der Waals surface area contributed by atoms with E-state index >= 15 is 0 Å². The van der Waals surface area contributed by atoms with Gasteiger partial charge in [-0.25, -0.2) is 8.78 Å². The Kier molecular flexibility index (Phi) is 2.89.